The van der Waals surface area contributed by atoms with Gasteiger partial charge in [-0.2, -0.15) is 0 Å². The maximum absolute atomic E-state index is 9.46. The summed E-state index contributed by atoms with van der Waals surface area (Å²) in [6.07, 6.45) is 0.199. The molecule has 0 saturated carbocycles. The van der Waals surface area contributed by atoms with Crippen LogP contribution < -0.4 is 0 Å². The Morgan fingerprint density at radius 1 is 0.944 bits per heavy atom. The van der Waals surface area contributed by atoms with Crippen molar-refractivity contribution >= 4 is 6.47 Å². The Morgan fingerprint density at radius 2 is 1.33 bits per heavy atom. The minimum atomic E-state index is -2.28. The molecular formula is C14H16FeO3. The van der Waals surface area contributed by atoms with E-state index in [1.54, 1.807) is 48.2 Å². The zero-order chi connectivity index (χ0) is 11.2. The van der Waals surface area contributed by atoms with Crippen LogP contribution in [0.2, 0.25) is 48.2 Å². The summed E-state index contributed by atoms with van der Waals surface area (Å²) in [5.74, 6) is 0. The zero-order valence-corrected chi connectivity index (χ0v) is 11.0. The second kappa shape index (κ2) is 0.627. The first-order valence-electron chi connectivity index (χ1n) is 7.48. The Bertz CT molecular complexity index is 734. The van der Waals surface area contributed by atoms with Gasteiger partial charge in [-0.15, -0.1) is 0 Å². The van der Waals surface area contributed by atoms with Gasteiger partial charge in [0.25, 0.3) is 6.47 Å². The van der Waals surface area contributed by atoms with Gasteiger partial charge in [0.05, 0.1) is 6.61 Å². The van der Waals surface area contributed by atoms with Crippen molar-refractivity contribution in [2.24, 2.45) is 0 Å². The van der Waals surface area contributed by atoms with Crippen LogP contribution in [0.4, 0.5) is 0 Å². The van der Waals surface area contributed by atoms with Crippen LogP contribution in [-0.2, 0) is 20.8 Å². The minimum absolute atomic E-state index is 0.199. The van der Waals surface area contributed by atoms with E-state index in [4.69, 9.17) is 4.74 Å². The number of carbonyl (C=O) groups excluding carboxylic acids is 1. The summed E-state index contributed by atoms with van der Waals surface area (Å²) in [5, 5.41) is 0. The number of hydrogen-bond donors (Lipinski definition) is 0. The summed E-state index contributed by atoms with van der Waals surface area (Å²) in [6.45, 7) is -0.687. The van der Waals surface area contributed by atoms with Crippen molar-refractivity contribution in [2.75, 3.05) is 13.2 Å². The van der Waals surface area contributed by atoms with E-state index in [0.717, 1.165) is 6.61 Å². The molecule has 0 N–H and O–H groups in total. The molecule has 0 amide bonds. The van der Waals surface area contributed by atoms with Crippen LogP contribution in [0.25, 0.3) is 0 Å². The fourth-order valence-corrected chi connectivity index (χ4v) is 88.3. The van der Waals surface area contributed by atoms with Crippen LogP contribution >= 0.6 is 0 Å². The van der Waals surface area contributed by atoms with E-state index < -0.39 is 6.51 Å². The molecule has 0 aromatic heterocycles. The molecule has 18 heavy (non-hydrogen) atoms. The van der Waals surface area contributed by atoms with E-state index in [0.29, 0.717) is 13.1 Å². The third-order valence-electron chi connectivity index (χ3n) is 15.3. The van der Waals surface area contributed by atoms with Gasteiger partial charge in [-0.25, -0.2) is 0 Å². The molecule has 0 radical (unpaired) electrons. The molecule has 0 aromatic rings. The Hall–Kier alpha value is -0.0505. The predicted molar refractivity (Wildman–Crippen MR) is 59.3 cm³/mol. The van der Waals surface area contributed by atoms with E-state index in [1.807, 2.05) is 0 Å². The summed E-state index contributed by atoms with van der Waals surface area (Å²) in [5.41, 5.74) is 0. The fraction of sp³-hybridized carbons (Fsp3) is 0.929. The average Bonchev–Trinajstić information content (AvgIpc) is 3.38. The zero-order valence-electron chi connectivity index (χ0n) is 9.92. The number of epoxide rings is 1. The van der Waals surface area contributed by atoms with Gasteiger partial charge in [0.2, 0.25) is 0 Å². The molecule has 1 spiro atoms. The van der Waals surface area contributed by atoms with Gasteiger partial charge >= 0.3 is 54.7 Å². The summed E-state index contributed by atoms with van der Waals surface area (Å²) in [7, 11) is 0. The summed E-state index contributed by atoms with van der Waals surface area (Å²) < 4.78 is 9.08. The number of carbonyl (C=O) groups is 1. The summed E-state index contributed by atoms with van der Waals surface area (Å²) >= 11 is 0. The fourth-order valence-electron chi connectivity index (χ4n) is 16.1. The molecule has 1 atom stereocenters. The van der Waals surface area contributed by atoms with Crippen molar-refractivity contribution in [3.63, 3.8) is 0 Å². The van der Waals surface area contributed by atoms with Gasteiger partial charge in [-0.1, -0.05) is 0 Å². The monoisotopic (exact) mass is 288 g/mol. The van der Waals surface area contributed by atoms with Crippen molar-refractivity contribution < 1.29 is 20.8 Å². The molecule has 0 bridgehead atoms. The van der Waals surface area contributed by atoms with Crippen LogP contribution in [0.5, 0.6) is 0 Å². The SMILES string of the molecule is O=COCC1CO1.[CH]12[CH]3[CH]4[CH]5[CH]1[Fe]23451678[CH]2[CH]1[CH]6[CH]7[CH]28. The molecule has 11 saturated heterocycles. The molecule has 11 fully saturated rings. The molecule has 3 nitrogen and oxygen atoms in total. The molecule has 11 rings (SSSR count). The van der Waals surface area contributed by atoms with Gasteiger partial charge in [0.1, 0.15) is 12.7 Å². The Balaban J connectivity index is 0.0000000857. The summed E-state index contributed by atoms with van der Waals surface area (Å²) in [6, 6.07) is 0. The third kappa shape index (κ3) is 0.0832. The van der Waals surface area contributed by atoms with E-state index in [1.165, 1.54) is 0 Å². The van der Waals surface area contributed by atoms with Gasteiger partial charge in [0, 0.05) is 0 Å². The normalized spacial score (nSPS) is 115. The Kier molecular flexibility index (Phi) is 0.247. The molecule has 98 valence electrons. The van der Waals surface area contributed by atoms with E-state index in [-0.39, 0.29) is 6.10 Å². The molecule has 0 aliphatic carbocycles. The van der Waals surface area contributed by atoms with Crippen LogP contribution in [0.3, 0.4) is 0 Å². The third-order valence-corrected chi connectivity index (χ3v) is 57.2. The van der Waals surface area contributed by atoms with Crippen molar-refractivity contribution in [1.82, 2.24) is 0 Å². The van der Waals surface area contributed by atoms with Gasteiger partial charge in [-0.05, 0) is 0 Å². The van der Waals surface area contributed by atoms with Crippen LogP contribution in [0.15, 0.2) is 0 Å². The van der Waals surface area contributed by atoms with Gasteiger partial charge < -0.3 is 9.47 Å². The van der Waals surface area contributed by atoms with Crippen LogP contribution in [0, 0.1) is 0 Å². The maximum atomic E-state index is 9.46. The molecule has 11 heterocycles. The number of hydrogen-bond acceptors (Lipinski definition) is 3. The van der Waals surface area contributed by atoms with Gasteiger partial charge in [-0.3, -0.25) is 4.79 Å². The number of ether oxygens (including phenoxy) is 2. The molecule has 1 unspecified atom stereocenters. The number of rotatable bonds is 3. The average molecular weight is 288 g/mol. The Labute approximate surface area is 94.9 Å². The van der Waals surface area contributed by atoms with Crippen molar-refractivity contribution in [3.8, 4) is 0 Å². The first-order valence-corrected chi connectivity index (χ1v) is 13.9. The van der Waals surface area contributed by atoms with E-state index >= 15 is 0 Å². The van der Waals surface area contributed by atoms with E-state index in [9.17, 15) is 4.79 Å². The second-order valence-electron chi connectivity index (χ2n) is 11.0. The first kappa shape index (κ1) is 7.10. The predicted octanol–water partition coefficient (Wildman–Crippen LogP) is 2.93. The summed E-state index contributed by atoms with van der Waals surface area (Å²) in [4.78, 5) is 25.4. The van der Waals surface area contributed by atoms with Crippen LogP contribution in [-0.4, -0.2) is 25.8 Å². The van der Waals surface area contributed by atoms with Crippen LogP contribution in [0.1, 0.15) is 0 Å². The molecular weight excluding hydrogens is 272 g/mol. The second-order valence-corrected chi connectivity index (χ2v) is 34.9. The molecule has 0 aromatic carbocycles. The quantitative estimate of drug-likeness (QED) is 0.455. The van der Waals surface area contributed by atoms with Gasteiger partial charge in [0.15, 0.2) is 0 Å². The molecule has 4 heteroatoms. The van der Waals surface area contributed by atoms with E-state index in [2.05, 4.69) is 4.74 Å². The topological polar surface area (TPSA) is 38.8 Å². The standard InChI is InChI=1S/2C5H5.C4H6O3.Fe/c2*1-2-4-5-3-1;5-3-6-1-4-2-7-4;/h2*1-5H;3-4H,1-2H2;. The first-order chi connectivity index (χ1) is 8.59. The molecule has 11 aliphatic rings. The van der Waals surface area contributed by atoms with Crippen molar-refractivity contribution in [3.05, 3.63) is 0 Å². The van der Waals surface area contributed by atoms with Crippen molar-refractivity contribution in [2.45, 2.75) is 54.3 Å². The Morgan fingerprint density at radius 3 is 1.50 bits per heavy atom. The number of fused-ring (bicyclic) bond motifs is 10. The molecule has 11 aliphatic heterocycles. The van der Waals surface area contributed by atoms with Crippen molar-refractivity contribution in [1.29, 1.82) is 0 Å².